The molecule has 2 aromatic rings. The zero-order valence-electron chi connectivity index (χ0n) is 15.5. The van der Waals surface area contributed by atoms with Crippen LogP contribution in [0, 0.1) is 5.92 Å². The summed E-state index contributed by atoms with van der Waals surface area (Å²) in [5.41, 5.74) is 2.00. The average molecular weight is 366 g/mol. The molecular weight excluding hydrogens is 340 g/mol. The van der Waals surface area contributed by atoms with Gasteiger partial charge in [0, 0.05) is 43.8 Å². The van der Waals surface area contributed by atoms with E-state index in [4.69, 9.17) is 9.47 Å². The summed E-state index contributed by atoms with van der Waals surface area (Å²) in [4.78, 5) is 19.2. The monoisotopic (exact) mass is 366 g/mol. The third-order valence-corrected chi connectivity index (χ3v) is 5.38. The number of carbonyl (C=O) groups is 1. The van der Waals surface area contributed by atoms with Gasteiger partial charge in [-0.3, -0.25) is 4.79 Å². The van der Waals surface area contributed by atoms with Gasteiger partial charge in [-0.25, -0.2) is 4.98 Å². The van der Waals surface area contributed by atoms with E-state index < -0.39 is 0 Å². The van der Waals surface area contributed by atoms with Crippen LogP contribution in [-0.2, 0) is 11.2 Å². The Bertz CT molecular complexity index is 759. The van der Waals surface area contributed by atoms with Gasteiger partial charge in [-0.1, -0.05) is 30.3 Å². The molecular formula is C22H26N2O3. The minimum absolute atomic E-state index is 0.0739. The summed E-state index contributed by atoms with van der Waals surface area (Å²) >= 11 is 0. The van der Waals surface area contributed by atoms with Gasteiger partial charge in [-0.15, -0.1) is 0 Å². The van der Waals surface area contributed by atoms with E-state index in [0.29, 0.717) is 17.4 Å². The number of likely N-dealkylation sites (tertiary alicyclic amines) is 1. The minimum Gasteiger partial charge on any atom is -0.474 e. The van der Waals surface area contributed by atoms with Gasteiger partial charge >= 0.3 is 0 Å². The fourth-order valence-electron chi connectivity index (χ4n) is 3.89. The Morgan fingerprint density at radius 3 is 2.78 bits per heavy atom. The number of ether oxygens (including phenoxy) is 2. The maximum atomic E-state index is 12.9. The van der Waals surface area contributed by atoms with E-state index >= 15 is 0 Å². The van der Waals surface area contributed by atoms with Crippen molar-refractivity contribution in [3.05, 3.63) is 59.8 Å². The third kappa shape index (κ3) is 4.66. The lowest BCUT2D eigenvalue weighted by Crippen LogP contribution is -2.29. The molecule has 4 rings (SSSR count). The van der Waals surface area contributed by atoms with E-state index in [2.05, 4.69) is 29.2 Å². The highest BCUT2D eigenvalue weighted by Crippen LogP contribution is 2.24. The fourth-order valence-corrected chi connectivity index (χ4v) is 3.89. The van der Waals surface area contributed by atoms with Gasteiger partial charge in [0.1, 0.15) is 6.10 Å². The van der Waals surface area contributed by atoms with Crippen LogP contribution in [0.25, 0.3) is 0 Å². The van der Waals surface area contributed by atoms with E-state index in [1.807, 2.05) is 11.0 Å². The lowest BCUT2D eigenvalue weighted by atomic mass is 9.99. The highest BCUT2D eigenvalue weighted by atomic mass is 16.5. The van der Waals surface area contributed by atoms with Crippen LogP contribution in [0.5, 0.6) is 5.88 Å². The number of aromatic nitrogens is 1. The molecule has 2 fully saturated rings. The predicted molar refractivity (Wildman–Crippen MR) is 103 cm³/mol. The Kier molecular flexibility index (Phi) is 5.68. The number of hydrogen-bond acceptors (Lipinski definition) is 4. The van der Waals surface area contributed by atoms with E-state index in [1.54, 1.807) is 18.3 Å². The largest absolute Gasteiger partial charge is 0.474 e. The van der Waals surface area contributed by atoms with Gasteiger partial charge in [0.2, 0.25) is 5.88 Å². The Labute approximate surface area is 160 Å². The predicted octanol–water partition coefficient (Wildman–Crippen LogP) is 3.34. The molecule has 2 aliphatic rings. The van der Waals surface area contributed by atoms with Crippen LogP contribution in [-0.4, -0.2) is 48.2 Å². The molecule has 0 N–H and O–H groups in total. The summed E-state index contributed by atoms with van der Waals surface area (Å²) in [5, 5.41) is 0. The fraction of sp³-hybridized carbons (Fsp3) is 0.455. The molecule has 0 radical (unpaired) electrons. The SMILES string of the molecule is O=C(c1ccnc(OC2CCOCC2)c1)N1CC[C@@H](Cc2ccccc2)C1. The lowest BCUT2D eigenvalue weighted by Gasteiger charge is -2.23. The zero-order chi connectivity index (χ0) is 18.5. The molecule has 3 heterocycles. The molecule has 1 aromatic heterocycles. The molecule has 142 valence electrons. The second-order valence-electron chi connectivity index (χ2n) is 7.41. The van der Waals surface area contributed by atoms with Crippen LogP contribution < -0.4 is 4.74 Å². The highest BCUT2D eigenvalue weighted by Gasteiger charge is 2.27. The van der Waals surface area contributed by atoms with Crippen LogP contribution in [0.1, 0.15) is 35.2 Å². The molecule has 0 saturated carbocycles. The minimum atomic E-state index is 0.0739. The van der Waals surface area contributed by atoms with E-state index in [1.165, 1.54) is 5.56 Å². The summed E-state index contributed by atoms with van der Waals surface area (Å²) in [6.45, 7) is 3.07. The van der Waals surface area contributed by atoms with Crippen molar-refractivity contribution in [1.29, 1.82) is 0 Å². The number of nitrogens with zero attached hydrogens (tertiary/aromatic N) is 2. The second-order valence-corrected chi connectivity index (χ2v) is 7.41. The maximum Gasteiger partial charge on any atom is 0.254 e. The topological polar surface area (TPSA) is 51.7 Å². The summed E-state index contributed by atoms with van der Waals surface area (Å²) in [6, 6.07) is 14.1. The van der Waals surface area contributed by atoms with Crippen molar-refractivity contribution < 1.29 is 14.3 Å². The van der Waals surface area contributed by atoms with Crippen molar-refractivity contribution in [3.63, 3.8) is 0 Å². The Morgan fingerprint density at radius 1 is 1.15 bits per heavy atom. The van der Waals surface area contributed by atoms with Gasteiger partial charge < -0.3 is 14.4 Å². The van der Waals surface area contributed by atoms with Crippen LogP contribution in [0.2, 0.25) is 0 Å². The van der Waals surface area contributed by atoms with Crippen LogP contribution in [0.15, 0.2) is 48.7 Å². The number of pyridine rings is 1. The number of hydrogen-bond donors (Lipinski definition) is 0. The van der Waals surface area contributed by atoms with Gasteiger partial charge in [0.05, 0.1) is 13.2 Å². The van der Waals surface area contributed by atoms with Crippen molar-refractivity contribution in [2.45, 2.75) is 31.8 Å². The molecule has 1 atom stereocenters. The third-order valence-electron chi connectivity index (χ3n) is 5.38. The number of rotatable bonds is 5. The van der Waals surface area contributed by atoms with Gasteiger partial charge in [0.15, 0.2) is 0 Å². The van der Waals surface area contributed by atoms with E-state index in [0.717, 1.165) is 52.0 Å². The lowest BCUT2D eigenvalue weighted by molar-refractivity contribution is 0.0236. The molecule has 0 bridgehead atoms. The van der Waals surface area contributed by atoms with Crippen LogP contribution >= 0.6 is 0 Å². The normalized spacial score (nSPS) is 20.6. The smallest absolute Gasteiger partial charge is 0.254 e. The summed E-state index contributed by atoms with van der Waals surface area (Å²) in [5.74, 6) is 1.13. The van der Waals surface area contributed by atoms with Gasteiger partial charge in [-0.05, 0) is 30.4 Å². The van der Waals surface area contributed by atoms with Crippen LogP contribution in [0.3, 0.4) is 0 Å². The first-order valence-electron chi connectivity index (χ1n) is 9.81. The Hall–Kier alpha value is -2.40. The molecule has 5 nitrogen and oxygen atoms in total. The van der Waals surface area contributed by atoms with Crippen molar-refractivity contribution in [3.8, 4) is 5.88 Å². The molecule has 0 unspecified atom stereocenters. The second kappa shape index (κ2) is 8.53. The summed E-state index contributed by atoms with van der Waals surface area (Å²) in [7, 11) is 0. The van der Waals surface area contributed by atoms with E-state index in [-0.39, 0.29) is 12.0 Å². The molecule has 0 spiro atoms. The molecule has 1 aromatic carbocycles. The average Bonchev–Trinajstić information content (AvgIpc) is 3.18. The maximum absolute atomic E-state index is 12.9. The van der Waals surface area contributed by atoms with Crippen molar-refractivity contribution in [1.82, 2.24) is 9.88 Å². The Morgan fingerprint density at radius 2 is 1.96 bits per heavy atom. The highest BCUT2D eigenvalue weighted by molar-refractivity contribution is 5.94. The van der Waals surface area contributed by atoms with Crippen molar-refractivity contribution in [2.75, 3.05) is 26.3 Å². The first-order valence-corrected chi connectivity index (χ1v) is 9.81. The van der Waals surface area contributed by atoms with Crippen molar-refractivity contribution >= 4 is 5.91 Å². The van der Waals surface area contributed by atoms with Gasteiger partial charge in [-0.2, -0.15) is 0 Å². The van der Waals surface area contributed by atoms with Gasteiger partial charge in [0.25, 0.3) is 5.91 Å². The summed E-state index contributed by atoms with van der Waals surface area (Å²) < 4.78 is 11.3. The zero-order valence-corrected chi connectivity index (χ0v) is 15.5. The molecule has 0 aliphatic carbocycles. The van der Waals surface area contributed by atoms with Crippen LogP contribution in [0.4, 0.5) is 0 Å². The molecule has 2 saturated heterocycles. The Balaban J connectivity index is 1.36. The molecule has 5 heteroatoms. The number of carbonyl (C=O) groups excluding carboxylic acids is 1. The summed E-state index contributed by atoms with van der Waals surface area (Å²) in [6.07, 6.45) is 5.61. The standard InChI is InChI=1S/C22H26N2O3/c25-22(24-11-7-18(16-24)14-17-4-2-1-3-5-17)19-6-10-23-21(15-19)27-20-8-12-26-13-9-20/h1-6,10,15,18,20H,7-9,11-14,16H2/t18-/m0/s1. The number of benzene rings is 1. The quantitative estimate of drug-likeness (QED) is 0.814. The van der Waals surface area contributed by atoms with Crippen molar-refractivity contribution in [2.24, 2.45) is 5.92 Å². The van der Waals surface area contributed by atoms with E-state index in [9.17, 15) is 4.79 Å². The first-order chi connectivity index (χ1) is 13.3. The molecule has 2 aliphatic heterocycles. The first kappa shape index (κ1) is 18.0. The molecule has 27 heavy (non-hydrogen) atoms. The number of amides is 1. The molecule has 1 amide bonds.